The molecule has 0 aliphatic heterocycles. The van der Waals surface area contributed by atoms with Gasteiger partial charge in [0.1, 0.15) is 0 Å². The zero-order chi connectivity index (χ0) is 14.3. The number of hydrogen-bond acceptors (Lipinski definition) is 2. The third-order valence-corrected chi connectivity index (χ3v) is 2.48. The van der Waals surface area contributed by atoms with Crippen LogP contribution in [-0.2, 0) is 11.2 Å². The quantitative estimate of drug-likeness (QED) is 0.793. The fraction of sp³-hybridized carbons (Fsp3) is 0.286. The molecule has 0 fully saturated rings. The van der Waals surface area contributed by atoms with Crippen LogP contribution in [0, 0.1) is 12.3 Å². The molecule has 0 bridgehead atoms. The second-order valence-corrected chi connectivity index (χ2v) is 4.08. The first-order valence-electron chi connectivity index (χ1n) is 5.79. The van der Waals surface area contributed by atoms with Crippen LogP contribution in [0.1, 0.15) is 12.0 Å². The average molecular weight is 260 g/mol. The molecule has 2 amide bonds. The zero-order valence-corrected chi connectivity index (χ0v) is 10.7. The standard InChI is InChI=1S/C14H16N2O3/c1-3-9-16(2)14(19)15-12-6-4-5-11(10-12)7-8-13(17)18/h1,4-6,10H,7-9H2,2H3,(H,15,19)(H,17,18). The van der Waals surface area contributed by atoms with Gasteiger partial charge >= 0.3 is 12.0 Å². The van der Waals surface area contributed by atoms with Crippen LogP contribution in [0.3, 0.4) is 0 Å². The summed E-state index contributed by atoms with van der Waals surface area (Å²) in [4.78, 5) is 23.6. The van der Waals surface area contributed by atoms with Crippen LogP contribution in [0.15, 0.2) is 24.3 Å². The summed E-state index contributed by atoms with van der Waals surface area (Å²) < 4.78 is 0. The fourth-order valence-electron chi connectivity index (χ4n) is 1.48. The van der Waals surface area contributed by atoms with Crippen molar-refractivity contribution in [2.24, 2.45) is 0 Å². The molecule has 0 atom stereocenters. The molecule has 2 N–H and O–H groups in total. The van der Waals surface area contributed by atoms with E-state index in [-0.39, 0.29) is 19.0 Å². The van der Waals surface area contributed by atoms with Gasteiger partial charge in [-0.1, -0.05) is 18.1 Å². The first-order valence-corrected chi connectivity index (χ1v) is 5.79. The van der Waals surface area contributed by atoms with E-state index in [4.69, 9.17) is 11.5 Å². The minimum atomic E-state index is -0.844. The number of carboxylic acids is 1. The van der Waals surface area contributed by atoms with Crippen molar-refractivity contribution in [2.45, 2.75) is 12.8 Å². The van der Waals surface area contributed by atoms with Crippen molar-refractivity contribution in [3.63, 3.8) is 0 Å². The van der Waals surface area contributed by atoms with Crippen molar-refractivity contribution in [2.75, 3.05) is 18.9 Å². The van der Waals surface area contributed by atoms with Crippen molar-refractivity contribution in [3.8, 4) is 12.3 Å². The van der Waals surface area contributed by atoms with Crippen LogP contribution in [0.5, 0.6) is 0 Å². The minimum absolute atomic E-state index is 0.0639. The van der Waals surface area contributed by atoms with Crippen LogP contribution in [-0.4, -0.2) is 35.6 Å². The highest BCUT2D eigenvalue weighted by atomic mass is 16.4. The average Bonchev–Trinajstić information content (AvgIpc) is 2.37. The lowest BCUT2D eigenvalue weighted by molar-refractivity contribution is -0.136. The maximum absolute atomic E-state index is 11.7. The van der Waals surface area contributed by atoms with Crippen LogP contribution in [0.2, 0.25) is 0 Å². The summed E-state index contributed by atoms with van der Waals surface area (Å²) in [6.07, 6.45) is 5.62. The maximum atomic E-state index is 11.7. The Kier molecular flexibility index (Phi) is 5.42. The highest BCUT2D eigenvalue weighted by Crippen LogP contribution is 2.12. The number of carbonyl (C=O) groups excluding carboxylic acids is 1. The molecule has 1 rings (SSSR count). The molecule has 0 aliphatic rings. The van der Waals surface area contributed by atoms with Crippen molar-refractivity contribution < 1.29 is 14.7 Å². The molecule has 0 saturated heterocycles. The lowest BCUT2D eigenvalue weighted by Gasteiger charge is -2.15. The third kappa shape index (κ3) is 5.13. The Morgan fingerprint density at radius 2 is 2.21 bits per heavy atom. The van der Waals surface area contributed by atoms with Gasteiger partial charge in [-0.25, -0.2) is 4.79 Å². The first kappa shape index (κ1) is 14.6. The zero-order valence-electron chi connectivity index (χ0n) is 10.7. The summed E-state index contributed by atoms with van der Waals surface area (Å²) in [7, 11) is 1.60. The fourth-order valence-corrected chi connectivity index (χ4v) is 1.48. The predicted octanol–water partition coefficient (Wildman–Crippen LogP) is 1.80. The SMILES string of the molecule is C#CCN(C)C(=O)Nc1cccc(CCC(=O)O)c1. The Hall–Kier alpha value is -2.48. The molecule has 0 aromatic heterocycles. The Balaban J connectivity index is 2.64. The Morgan fingerprint density at radius 1 is 1.47 bits per heavy atom. The van der Waals surface area contributed by atoms with Gasteiger partial charge in [0.25, 0.3) is 0 Å². The molecule has 0 radical (unpaired) electrons. The number of carbonyl (C=O) groups is 2. The van der Waals surface area contributed by atoms with E-state index in [2.05, 4.69) is 11.2 Å². The van der Waals surface area contributed by atoms with E-state index >= 15 is 0 Å². The highest BCUT2D eigenvalue weighted by molar-refractivity contribution is 5.89. The molecule has 1 aromatic carbocycles. The summed E-state index contributed by atoms with van der Waals surface area (Å²) in [5, 5.41) is 11.3. The van der Waals surface area contributed by atoms with Crippen LogP contribution in [0.4, 0.5) is 10.5 Å². The van der Waals surface area contributed by atoms with Crippen molar-refractivity contribution in [1.82, 2.24) is 4.90 Å². The Morgan fingerprint density at radius 3 is 2.84 bits per heavy atom. The number of amides is 2. The Bertz CT molecular complexity index is 506. The van der Waals surface area contributed by atoms with E-state index in [1.807, 2.05) is 6.07 Å². The number of aliphatic carboxylic acids is 1. The molecule has 0 spiro atoms. The molecule has 0 aliphatic carbocycles. The van der Waals surface area contributed by atoms with Gasteiger partial charge in [0.15, 0.2) is 0 Å². The molecule has 100 valence electrons. The summed E-state index contributed by atoms with van der Waals surface area (Å²) in [6.45, 7) is 0.227. The van der Waals surface area contributed by atoms with Gasteiger partial charge in [0, 0.05) is 19.2 Å². The highest BCUT2D eigenvalue weighted by Gasteiger charge is 2.07. The van der Waals surface area contributed by atoms with Gasteiger partial charge in [-0.05, 0) is 24.1 Å². The van der Waals surface area contributed by atoms with Gasteiger partial charge in [-0.3, -0.25) is 4.79 Å². The van der Waals surface area contributed by atoms with Gasteiger partial charge in [0.05, 0.1) is 6.54 Å². The molecular formula is C14H16N2O3. The largest absolute Gasteiger partial charge is 0.481 e. The topological polar surface area (TPSA) is 69.6 Å². The molecule has 1 aromatic rings. The molecule has 19 heavy (non-hydrogen) atoms. The van der Waals surface area contributed by atoms with Crippen molar-refractivity contribution >= 4 is 17.7 Å². The molecule has 5 nitrogen and oxygen atoms in total. The number of benzene rings is 1. The van der Waals surface area contributed by atoms with Crippen LogP contribution < -0.4 is 5.32 Å². The van der Waals surface area contributed by atoms with E-state index < -0.39 is 5.97 Å². The smallest absolute Gasteiger partial charge is 0.322 e. The number of nitrogens with one attached hydrogen (secondary N) is 1. The van der Waals surface area contributed by atoms with E-state index in [9.17, 15) is 9.59 Å². The van der Waals surface area contributed by atoms with E-state index in [1.165, 1.54) is 4.90 Å². The van der Waals surface area contributed by atoms with Gasteiger partial charge < -0.3 is 15.3 Å². The van der Waals surface area contributed by atoms with E-state index in [0.717, 1.165) is 5.56 Å². The molecular weight excluding hydrogens is 244 g/mol. The van der Waals surface area contributed by atoms with E-state index in [1.54, 1.807) is 25.2 Å². The molecule has 0 heterocycles. The van der Waals surface area contributed by atoms with Gasteiger partial charge in [-0.2, -0.15) is 0 Å². The first-order chi connectivity index (χ1) is 9.02. The summed E-state index contributed by atoms with van der Waals surface area (Å²) in [6, 6.07) is 6.79. The number of aryl methyl sites for hydroxylation is 1. The number of rotatable bonds is 5. The molecule has 5 heteroatoms. The van der Waals surface area contributed by atoms with Crippen LogP contribution in [0.25, 0.3) is 0 Å². The number of anilines is 1. The molecule has 0 saturated carbocycles. The second kappa shape index (κ2) is 7.07. The number of carboxylic acid groups (broad SMARTS) is 1. The van der Waals surface area contributed by atoms with Gasteiger partial charge in [-0.15, -0.1) is 6.42 Å². The summed E-state index contributed by atoms with van der Waals surface area (Å²) in [5.41, 5.74) is 1.48. The van der Waals surface area contributed by atoms with Crippen molar-refractivity contribution in [1.29, 1.82) is 0 Å². The lowest BCUT2D eigenvalue weighted by atomic mass is 10.1. The summed E-state index contributed by atoms with van der Waals surface area (Å²) in [5.74, 6) is 1.53. The number of nitrogens with zero attached hydrogens (tertiary/aromatic N) is 1. The van der Waals surface area contributed by atoms with Crippen LogP contribution >= 0.6 is 0 Å². The normalized spacial score (nSPS) is 9.47. The predicted molar refractivity (Wildman–Crippen MR) is 72.9 cm³/mol. The number of hydrogen-bond donors (Lipinski definition) is 2. The van der Waals surface area contributed by atoms with Crippen molar-refractivity contribution in [3.05, 3.63) is 29.8 Å². The molecule has 0 unspecified atom stereocenters. The summed E-state index contributed by atoms with van der Waals surface area (Å²) >= 11 is 0. The third-order valence-electron chi connectivity index (χ3n) is 2.48. The number of terminal acetylenes is 1. The Labute approximate surface area is 112 Å². The van der Waals surface area contributed by atoms with E-state index in [0.29, 0.717) is 12.1 Å². The monoisotopic (exact) mass is 260 g/mol. The maximum Gasteiger partial charge on any atom is 0.322 e. The number of urea groups is 1. The van der Waals surface area contributed by atoms with Gasteiger partial charge in [0.2, 0.25) is 0 Å². The minimum Gasteiger partial charge on any atom is -0.481 e. The second-order valence-electron chi connectivity index (χ2n) is 4.08. The lowest BCUT2D eigenvalue weighted by Crippen LogP contribution is -2.31.